The molecule has 0 aromatic carbocycles. The third-order valence-electron chi connectivity index (χ3n) is 3.09. The highest BCUT2D eigenvalue weighted by Crippen LogP contribution is 2.25. The summed E-state index contributed by atoms with van der Waals surface area (Å²) in [5.41, 5.74) is 1.44. The van der Waals surface area contributed by atoms with Gasteiger partial charge >= 0.3 is 11.9 Å². The van der Waals surface area contributed by atoms with Gasteiger partial charge in [-0.1, -0.05) is 6.08 Å². The zero-order chi connectivity index (χ0) is 12.3. The molecule has 4 nitrogen and oxygen atoms in total. The molecule has 0 fully saturated rings. The van der Waals surface area contributed by atoms with Crippen LogP contribution in [0, 0.1) is 0 Å². The van der Waals surface area contributed by atoms with Crippen LogP contribution in [0.4, 0.5) is 0 Å². The van der Waals surface area contributed by atoms with Crippen molar-refractivity contribution in [3.63, 3.8) is 0 Å². The standard InChI is InChI=1S/C13H16O4/c1-16-12(14)9-4-2-6-10-8-11(7-3-5-9)17-13(10)15/h4,8,11H,2-3,5-7H2,1H3. The smallest absolute Gasteiger partial charge is 0.334 e. The Hall–Kier alpha value is -1.58. The van der Waals surface area contributed by atoms with E-state index in [4.69, 9.17) is 9.47 Å². The average Bonchev–Trinajstić information content (AvgIpc) is 2.66. The van der Waals surface area contributed by atoms with Gasteiger partial charge in [0.05, 0.1) is 7.11 Å². The van der Waals surface area contributed by atoms with Gasteiger partial charge in [-0.3, -0.25) is 0 Å². The van der Waals surface area contributed by atoms with E-state index < -0.39 is 0 Å². The van der Waals surface area contributed by atoms with Gasteiger partial charge in [0.25, 0.3) is 0 Å². The van der Waals surface area contributed by atoms with Crippen LogP contribution in [0.1, 0.15) is 32.1 Å². The summed E-state index contributed by atoms with van der Waals surface area (Å²) < 4.78 is 9.94. The van der Waals surface area contributed by atoms with E-state index in [0.717, 1.165) is 18.4 Å². The number of carbonyl (C=O) groups is 2. The summed E-state index contributed by atoms with van der Waals surface area (Å²) in [6.07, 6.45) is 7.27. The van der Waals surface area contributed by atoms with Crippen molar-refractivity contribution in [2.75, 3.05) is 7.11 Å². The lowest BCUT2D eigenvalue weighted by atomic mass is 10.0. The molecule has 0 radical (unpaired) electrons. The topological polar surface area (TPSA) is 52.6 Å². The van der Waals surface area contributed by atoms with Crippen LogP contribution in [0.15, 0.2) is 23.3 Å². The third kappa shape index (κ3) is 2.75. The maximum Gasteiger partial charge on any atom is 0.334 e. The summed E-state index contributed by atoms with van der Waals surface area (Å²) in [5, 5.41) is 0. The van der Waals surface area contributed by atoms with Gasteiger partial charge in [0, 0.05) is 11.1 Å². The Labute approximate surface area is 100 Å². The van der Waals surface area contributed by atoms with Crippen LogP contribution < -0.4 is 0 Å². The van der Waals surface area contributed by atoms with E-state index in [1.54, 1.807) is 0 Å². The van der Waals surface area contributed by atoms with Gasteiger partial charge in [-0.2, -0.15) is 0 Å². The van der Waals surface area contributed by atoms with Gasteiger partial charge in [0.2, 0.25) is 0 Å². The summed E-state index contributed by atoms with van der Waals surface area (Å²) >= 11 is 0. The molecule has 0 N–H and O–H groups in total. The van der Waals surface area contributed by atoms with Gasteiger partial charge in [-0.15, -0.1) is 0 Å². The quantitative estimate of drug-likeness (QED) is 0.652. The minimum Gasteiger partial charge on any atom is -0.466 e. The molecule has 1 atom stereocenters. The highest BCUT2D eigenvalue weighted by atomic mass is 16.5. The first-order valence-corrected chi connectivity index (χ1v) is 5.89. The fraction of sp³-hybridized carbons (Fsp3) is 0.538. The monoisotopic (exact) mass is 236 g/mol. The Morgan fingerprint density at radius 2 is 2.29 bits per heavy atom. The van der Waals surface area contributed by atoms with Gasteiger partial charge in [-0.05, 0) is 38.2 Å². The second kappa shape index (κ2) is 5.17. The molecule has 0 aromatic heterocycles. The van der Waals surface area contributed by atoms with Crippen LogP contribution in [0.2, 0.25) is 0 Å². The number of hydrogen-bond donors (Lipinski definition) is 0. The first-order chi connectivity index (χ1) is 8.20. The van der Waals surface area contributed by atoms with Gasteiger partial charge < -0.3 is 9.47 Å². The first-order valence-electron chi connectivity index (χ1n) is 5.89. The van der Waals surface area contributed by atoms with Crippen molar-refractivity contribution in [3.8, 4) is 0 Å². The molecule has 0 aromatic rings. The molecule has 0 saturated carbocycles. The normalized spacial score (nSPS) is 24.5. The molecule has 92 valence electrons. The zero-order valence-electron chi connectivity index (χ0n) is 9.90. The Balaban J connectivity index is 2.08. The highest BCUT2D eigenvalue weighted by Gasteiger charge is 2.25. The fourth-order valence-electron chi connectivity index (χ4n) is 2.18. The number of rotatable bonds is 1. The molecule has 1 heterocycles. The van der Waals surface area contributed by atoms with Crippen LogP contribution in [0.5, 0.6) is 0 Å². The second-order valence-corrected chi connectivity index (χ2v) is 4.29. The number of ether oxygens (including phenoxy) is 2. The van der Waals surface area contributed by atoms with Crippen LogP contribution in [-0.4, -0.2) is 25.2 Å². The minimum atomic E-state index is -0.265. The molecule has 1 aliphatic carbocycles. The molecule has 0 spiro atoms. The van der Waals surface area contributed by atoms with Crippen LogP contribution in [0.3, 0.4) is 0 Å². The van der Waals surface area contributed by atoms with E-state index in [2.05, 4.69) is 0 Å². The Morgan fingerprint density at radius 1 is 1.47 bits per heavy atom. The predicted octanol–water partition coefficient (Wildman–Crippen LogP) is 1.90. The van der Waals surface area contributed by atoms with Crippen molar-refractivity contribution in [2.45, 2.75) is 38.2 Å². The first kappa shape index (κ1) is 11.9. The van der Waals surface area contributed by atoms with Gasteiger partial charge in [-0.25, -0.2) is 9.59 Å². The number of carbonyl (C=O) groups excluding carboxylic acids is 2. The van der Waals surface area contributed by atoms with E-state index >= 15 is 0 Å². The minimum absolute atomic E-state index is 0.102. The lowest BCUT2D eigenvalue weighted by Gasteiger charge is -2.09. The van der Waals surface area contributed by atoms with Crippen molar-refractivity contribution in [2.24, 2.45) is 0 Å². The Morgan fingerprint density at radius 3 is 3.06 bits per heavy atom. The molecular formula is C13H16O4. The van der Waals surface area contributed by atoms with E-state index in [-0.39, 0.29) is 18.0 Å². The highest BCUT2D eigenvalue weighted by molar-refractivity contribution is 5.91. The van der Waals surface area contributed by atoms with E-state index in [1.165, 1.54) is 7.11 Å². The fourth-order valence-corrected chi connectivity index (χ4v) is 2.18. The van der Waals surface area contributed by atoms with Crippen molar-refractivity contribution in [1.29, 1.82) is 0 Å². The average molecular weight is 236 g/mol. The molecule has 4 heteroatoms. The summed E-state index contributed by atoms with van der Waals surface area (Å²) in [7, 11) is 1.39. The van der Waals surface area contributed by atoms with Crippen molar-refractivity contribution >= 4 is 11.9 Å². The van der Waals surface area contributed by atoms with Crippen molar-refractivity contribution < 1.29 is 19.1 Å². The van der Waals surface area contributed by atoms with Crippen molar-refractivity contribution in [1.82, 2.24) is 0 Å². The molecule has 17 heavy (non-hydrogen) atoms. The maximum atomic E-state index is 11.5. The summed E-state index contributed by atoms with van der Waals surface area (Å²) in [4.78, 5) is 22.9. The largest absolute Gasteiger partial charge is 0.466 e. The van der Waals surface area contributed by atoms with Gasteiger partial charge in [0.1, 0.15) is 6.10 Å². The van der Waals surface area contributed by atoms with Crippen LogP contribution in [0.25, 0.3) is 0 Å². The number of esters is 2. The van der Waals surface area contributed by atoms with E-state index in [1.807, 2.05) is 12.2 Å². The molecule has 0 amide bonds. The van der Waals surface area contributed by atoms with Crippen LogP contribution in [-0.2, 0) is 19.1 Å². The molecule has 1 aliphatic heterocycles. The van der Waals surface area contributed by atoms with E-state index in [9.17, 15) is 9.59 Å². The Bertz CT molecular complexity index is 392. The SMILES string of the molecule is COC(=O)C1=CCCC2=CC(CCC1)OC2=O. The third-order valence-corrected chi connectivity index (χ3v) is 3.09. The van der Waals surface area contributed by atoms with E-state index in [0.29, 0.717) is 24.8 Å². The predicted molar refractivity (Wildman–Crippen MR) is 61.1 cm³/mol. The lowest BCUT2D eigenvalue weighted by molar-refractivity contribution is -0.140. The number of methoxy groups -OCH3 is 1. The molecular weight excluding hydrogens is 220 g/mol. The summed E-state index contributed by atoms with van der Waals surface area (Å²) in [6.45, 7) is 0. The summed E-state index contributed by atoms with van der Waals surface area (Å²) in [6, 6.07) is 0. The molecule has 2 aliphatic rings. The molecule has 0 saturated heterocycles. The number of allylic oxidation sites excluding steroid dienone is 1. The lowest BCUT2D eigenvalue weighted by Crippen LogP contribution is -2.09. The molecule has 1 unspecified atom stereocenters. The Kier molecular flexibility index (Phi) is 3.61. The van der Waals surface area contributed by atoms with Crippen LogP contribution >= 0.6 is 0 Å². The zero-order valence-corrected chi connectivity index (χ0v) is 9.90. The van der Waals surface area contributed by atoms with Crippen molar-refractivity contribution in [3.05, 3.63) is 23.3 Å². The molecule has 2 bridgehead atoms. The maximum absolute atomic E-state index is 11.5. The van der Waals surface area contributed by atoms with Gasteiger partial charge in [0.15, 0.2) is 0 Å². The molecule has 2 rings (SSSR count). The number of hydrogen-bond acceptors (Lipinski definition) is 4. The number of fused-ring (bicyclic) bond motifs is 1. The summed E-state index contributed by atoms with van der Waals surface area (Å²) in [5.74, 6) is -0.468. The second-order valence-electron chi connectivity index (χ2n) is 4.29.